The summed E-state index contributed by atoms with van der Waals surface area (Å²) in [5.41, 5.74) is 3.81. The third-order valence-corrected chi connectivity index (χ3v) is 6.56. The van der Waals surface area contributed by atoms with Gasteiger partial charge < -0.3 is 15.2 Å². The summed E-state index contributed by atoms with van der Waals surface area (Å²) in [5.74, 6) is -0.222. The van der Waals surface area contributed by atoms with Gasteiger partial charge in [-0.1, -0.05) is 53.6 Å². The summed E-state index contributed by atoms with van der Waals surface area (Å²) in [7, 11) is 0. The van der Waals surface area contributed by atoms with Crippen LogP contribution in [-0.2, 0) is 13.0 Å². The van der Waals surface area contributed by atoms with Gasteiger partial charge in [-0.05, 0) is 55.5 Å². The molecule has 33 heavy (non-hydrogen) atoms. The molecule has 6 nitrogen and oxygen atoms in total. The number of nitrogens with zero attached hydrogens (tertiary/aromatic N) is 3. The number of aromatic nitrogens is 3. The highest BCUT2D eigenvalue weighted by atomic mass is 35.5. The molecule has 0 fully saturated rings. The fourth-order valence-corrected chi connectivity index (χ4v) is 4.50. The van der Waals surface area contributed by atoms with E-state index in [2.05, 4.69) is 49.4 Å². The maximum Gasteiger partial charge on any atom is 0.267 e. The molecule has 170 valence electrons. The van der Waals surface area contributed by atoms with E-state index in [9.17, 15) is 4.79 Å². The van der Waals surface area contributed by atoms with E-state index in [0.29, 0.717) is 20.7 Å². The van der Waals surface area contributed by atoms with E-state index >= 15 is 0 Å². The quantitative estimate of drug-likeness (QED) is 0.248. The van der Waals surface area contributed by atoms with Crippen LogP contribution in [-0.4, -0.2) is 20.4 Å². The molecule has 0 radical (unpaired) electrons. The van der Waals surface area contributed by atoms with E-state index in [0.717, 1.165) is 37.1 Å². The molecule has 0 aliphatic heterocycles. The molecule has 4 aromatic rings. The van der Waals surface area contributed by atoms with Crippen LogP contribution in [0.3, 0.4) is 0 Å². The molecule has 0 bridgehead atoms. The van der Waals surface area contributed by atoms with Crippen LogP contribution in [0.5, 0.6) is 0 Å². The Hall–Kier alpha value is -3.16. The number of hydrogen-bond acceptors (Lipinski definition) is 5. The first kappa shape index (κ1) is 23.0. The van der Waals surface area contributed by atoms with E-state index in [4.69, 9.17) is 11.6 Å². The number of carbonyl (C=O) groups excluding carboxylic acids is 1. The first-order chi connectivity index (χ1) is 16.1. The highest BCUT2D eigenvalue weighted by molar-refractivity contribution is 7.17. The number of anilines is 3. The van der Waals surface area contributed by atoms with Crippen molar-refractivity contribution in [2.75, 3.05) is 10.6 Å². The molecule has 0 saturated carbocycles. The molecule has 8 heteroatoms. The Morgan fingerprint density at radius 2 is 1.97 bits per heavy atom. The number of benzene rings is 2. The standard InChI is InChI=1S/C25H26ClN5OS/c1-18-6-5-8-21(26)23(18)30-24(32)22-16-28-25(33-22)29-20-11-9-19(10-12-20)7-3-2-4-14-31-15-13-27-17-31/h5-6,8-13,15-17H,2-4,7,14H2,1H3,(H,28,29)(H,30,32). The van der Waals surface area contributed by atoms with Crippen molar-refractivity contribution in [3.63, 3.8) is 0 Å². The highest BCUT2D eigenvalue weighted by Crippen LogP contribution is 2.28. The summed E-state index contributed by atoms with van der Waals surface area (Å²) in [5, 5.41) is 7.35. The lowest BCUT2D eigenvalue weighted by molar-refractivity contribution is 0.103. The molecule has 2 aromatic heterocycles. The Kier molecular flexibility index (Phi) is 7.75. The predicted octanol–water partition coefficient (Wildman–Crippen LogP) is 6.71. The fraction of sp³-hybridized carbons (Fsp3) is 0.240. The SMILES string of the molecule is Cc1cccc(Cl)c1NC(=O)c1cnc(Nc2ccc(CCCCCn3ccnc3)cc2)s1. The number of rotatable bonds is 10. The molecule has 2 aromatic carbocycles. The van der Waals surface area contributed by atoms with E-state index < -0.39 is 0 Å². The molecule has 0 saturated heterocycles. The summed E-state index contributed by atoms with van der Waals surface area (Å²) in [4.78, 5) is 21.5. The van der Waals surface area contributed by atoms with Crippen LogP contribution in [0.15, 0.2) is 67.4 Å². The monoisotopic (exact) mass is 479 g/mol. The van der Waals surface area contributed by atoms with Gasteiger partial charge in [-0.25, -0.2) is 9.97 Å². The summed E-state index contributed by atoms with van der Waals surface area (Å²) >= 11 is 7.52. The number of aryl methyl sites for hydroxylation is 3. The molecule has 0 unspecified atom stereocenters. The second-order valence-electron chi connectivity index (χ2n) is 7.85. The van der Waals surface area contributed by atoms with Gasteiger partial charge in [-0.2, -0.15) is 0 Å². The maximum absolute atomic E-state index is 12.6. The molecule has 0 aliphatic carbocycles. The lowest BCUT2D eigenvalue weighted by Gasteiger charge is -2.08. The molecule has 2 N–H and O–H groups in total. The number of para-hydroxylation sites is 1. The minimum Gasteiger partial charge on any atom is -0.337 e. The number of thiazole rings is 1. The molecular weight excluding hydrogens is 454 g/mol. The Labute approximate surface area is 202 Å². The Bertz CT molecular complexity index is 1170. The van der Waals surface area contributed by atoms with Crippen molar-refractivity contribution >= 4 is 45.4 Å². The van der Waals surface area contributed by atoms with Crippen LogP contribution >= 0.6 is 22.9 Å². The Morgan fingerprint density at radius 1 is 1.12 bits per heavy atom. The van der Waals surface area contributed by atoms with Crippen molar-refractivity contribution in [3.8, 4) is 0 Å². The Balaban J connectivity index is 1.25. The van der Waals surface area contributed by atoms with E-state index in [-0.39, 0.29) is 5.91 Å². The van der Waals surface area contributed by atoms with Gasteiger partial charge in [0.25, 0.3) is 5.91 Å². The van der Waals surface area contributed by atoms with Crippen LogP contribution in [0.1, 0.15) is 40.1 Å². The van der Waals surface area contributed by atoms with Crippen molar-refractivity contribution in [1.29, 1.82) is 0 Å². The third kappa shape index (κ3) is 6.43. The zero-order valence-corrected chi connectivity index (χ0v) is 20.0. The van der Waals surface area contributed by atoms with Crippen LogP contribution < -0.4 is 10.6 Å². The average molecular weight is 480 g/mol. The minimum absolute atomic E-state index is 0.222. The van der Waals surface area contributed by atoms with Gasteiger partial charge in [-0.3, -0.25) is 4.79 Å². The summed E-state index contributed by atoms with van der Waals surface area (Å²) in [6.07, 6.45) is 11.8. The number of imidazole rings is 1. The zero-order chi connectivity index (χ0) is 23.0. The zero-order valence-electron chi connectivity index (χ0n) is 18.4. The number of unbranched alkanes of at least 4 members (excludes halogenated alkanes) is 2. The number of carbonyl (C=O) groups is 1. The van der Waals surface area contributed by atoms with Crippen molar-refractivity contribution < 1.29 is 4.79 Å². The largest absolute Gasteiger partial charge is 0.337 e. The first-order valence-corrected chi connectivity index (χ1v) is 12.1. The Morgan fingerprint density at radius 3 is 2.73 bits per heavy atom. The molecular formula is C25H26ClN5OS. The summed E-state index contributed by atoms with van der Waals surface area (Å²) in [6.45, 7) is 2.93. The smallest absolute Gasteiger partial charge is 0.267 e. The van der Waals surface area contributed by atoms with Crippen molar-refractivity contribution in [3.05, 3.63) is 88.4 Å². The summed E-state index contributed by atoms with van der Waals surface area (Å²) < 4.78 is 2.12. The van der Waals surface area contributed by atoms with E-state index in [1.165, 1.54) is 23.3 Å². The van der Waals surface area contributed by atoms with E-state index in [1.807, 2.05) is 37.8 Å². The molecule has 0 aliphatic rings. The number of amides is 1. The maximum atomic E-state index is 12.6. The minimum atomic E-state index is -0.222. The molecule has 0 atom stereocenters. The topological polar surface area (TPSA) is 71.8 Å². The van der Waals surface area contributed by atoms with Gasteiger partial charge in [0.05, 0.1) is 23.2 Å². The van der Waals surface area contributed by atoms with Gasteiger partial charge >= 0.3 is 0 Å². The van der Waals surface area contributed by atoms with Gasteiger partial charge in [0, 0.05) is 24.6 Å². The molecule has 4 rings (SSSR count). The summed E-state index contributed by atoms with van der Waals surface area (Å²) in [6, 6.07) is 13.9. The number of nitrogens with one attached hydrogen (secondary N) is 2. The first-order valence-electron chi connectivity index (χ1n) is 10.9. The fourth-order valence-electron chi connectivity index (χ4n) is 3.50. The van der Waals surface area contributed by atoms with Crippen LogP contribution in [0.2, 0.25) is 5.02 Å². The second kappa shape index (κ2) is 11.1. The third-order valence-electron chi connectivity index (χ3n) is 5.34. The lowest BCUT2D eigenvalue weighted by atomic mass is 10.1. The van der Waals surface area contributed by atoms with Gasteiger partial charge in [0.2, 0.25) is 0 Å². The second-order valence-corrected chi connectivity index (χ2v) is 9.29. The number of hydrogen-bond donors (Lipinski definition) is 2. The predicted molar refractivity (Wildman–Crippen MR) is 136 cm³/mol. The number of halogens is 1. The highest BCUT2D eigenvalue weighted by Gasteiger charge is 2.14. The van der Waals surface area contributed by atoms with Gasteiger partial charge in [-0.15, -0.1) is 0 Å². The molecule has 0 spiro atoms. The van der Waals surface area contributed by atoms with Crippen molar-refractivity contribution in [2.24, 2.45) is 0 Å². The van der Waals surface area contributed by atoms with E-state index in [1.54, 1.807) is 12.3 Å². The molecule has 2 heterocycles. The van der Waals surface area contributed by atoms with Crippen molar-refractivity contribution in [1.82, 2.24) is 14.5 Å². The van der Waals surface area contributed by atoms with Crippen molar-refractivity contribution in [2.45, 2.75) is 39.2 Å². The lowest BCUT2D eigenvalue weighted by Crippen LogP contribution is -2.11. The molecule has 1 amide bonds. The average Bonchev–Trinajstić information content (AvgIpc) is 3.50. The van der Waals surface area contributed by atoms with Crippen LogP contribution in [0.4, 0.5) is 16.5 Å². The normalized spacial score (nSPS) is 10.8. The van der Waals surface area contributed by atoms with Crippen LogP contribution in [0.25, 0.3) is 0 Å². The van der Waals surface area contributed by atoms with Gasteiger partial charge in [0.1, 0.15) is 4.88 Å². The van der Waals surface area contributed by atoms with Crippen LogP contribution in [0, 0.1) is 6.92 Å². The van der Waals surface area contributed by atoms with Gasteiger partial charge in [0.15, 0.2) is 5.13 Å².